The molecule has 1 aliphatic rings. The Hall–Kier alpha value is -0.610. The first kappa shape index (κ1) is 16.4. The van der Waals surface area contributed by atoms with Gasteiger partial charge in [0.2, 0.25) is 5.91 Å². The summed E-state index contributed by atoms with van der Waals surface area (Å²) in [6, 6.07) is 0.352. The molecule has 1 saturated carbocycles. The van der Waals surface area contributed by atoms with Crippen molar-refractivity contribution in [1.82, 2.24) is 9.80 Å². The summed E-state index contributed by atoms with van der Waals surface area (Å²) in [5, 5.41) is 9.28. The molecule has 19 heavy (non-hydrogen) atoms. The van der Waals surface area contributed by atoms with Crippen LogP contribution in [0.25, 0.3) is 0 Å². The third kappa shape index (κ3) is 4.46. The van der Waals surface area contributed by atoms with Gasteiger partial charge in [0.1, 0.15) is 0 Å². The van der Waals surface area contributed by atoms with Gasteiger partial charge < -0.3 is 10.0 Å². The van der Waals surface area contributed by atoms with Crippen molar-refractivity contribution in [3.05, 3.63) is 0 Å². The van der Waals surface area contributed by atoms with E-state index in [1.54, 1.807) is 0 Å². The molecular weight excluding hydrogens is 240 g/mol. The fourth-order valence-corrected chi connectivity index (χ4v) is 3.16. The summed E-state index contributed by atoms with van der Waals surface area (Å²) in [7, 11) is 0. The molecule has 0 spiro atoms. The Kier molecular flexibility index (Phi) is 7.39. The number of aliphatic hydroxyl groups excluding tert-OH is 1. The van der Waals surface area contributed by atoms with Gasteiger partial charge in [-0.05, 0) is 33.6 Å². The highest BCUT2D eigenvalue weighted by molar-refractivity contribution is 5.81. The van der Waals surface area contributed by atoms with Crippen LogP contribution in [0.1, 0.15) is 52.9 Å². The monoisotopic (exact) mass is 270 g/mol. The first-order valence-electron chi connectivity index (χ1n) is 7.81. The van der Waals surface area contributed by atoms with Crippen molar-refractivity contribution in [2.45, 2.75) is 65.0 Å². The molecule has 0 saturated heterocycles. The smallest absolute Gasteiger partial charge is 0.239 e. The molecule has 1 N–H and O–H groups in total. The van der Waals surface area contributed by atoms with Crippen molar-refractivity contribution in [2.75, 3.05) is 26.2 Å². The van der Waals surface area contributed by atoms with E-state index in [0.29, 0.717) is 12.6 Å². The van der Waals surface area contributed by atoms with Crippen LogP contribution in [0.3, 0.4) is 0 Å². The molecule has 0 aromatic carbocycles. The van der Waals surface area contributed by atoms with Gasteiger partial charge in [-0.15, -0.1) is 0 Å². The SMILES string of the molecule is CCN(CC)C(=O)C(C)N(CCO)C1CCCCC1. The van der Waals surface area contributed by atoms with E-state index in [1.807, 2.05) is 25.7 Å². The number of nitrogens with zero attached hydrogens (tertiary/aromatic N) is 2. The molecule has 1 rings (SSSR count). The summed E-state index contributed by atoms with van der Waals surface area (Å²) in [5.41, 5.74) is 0. The van der Waals surface area contributed by atoms with Crippen molar-refractivity contribution in [2.24, 2.45) is 0 Å². The minimum atomic E-state index is -0.116. The Balaban J connectivity index is 2.70. The van der Waals surface area contributed by atoms with E-state index in [1.165, 1.54) is 19.3 Å². The molecule has 1 atom stereocenters. The zero-order valence-electron chi connectivity index (χ0n) is 12.8. The molecule has 4 heteroatoms. The molecule has 1 unspecified atom stereocenters. The topological polar surface area (TPSA) is 43.8 Å². The summed E-state index contributed by atoms with van der Waals surface area (Å²) >= 11 is 0. The maximum absolute atomic E-state index is 12.5. The number of carbonyl (C=O) groups is 1. The number of amides is 1. The average molecular weight is 270 g/mol. The van der Waals surface area contributed by atoms with Gasteiger partial charge in [0, 0.05) is 25.7 Å². The van der Waals surface area contributed by atoms with E-state index in [2.05, 4.69) is 4.90 Å². The second kappa shape index (κ2) is 8.54. The van der Waals surface area contributed by atoms with Gasteiger partial charge in [0.05, 0.1) is 12.6 Å². The fourth-order valence-electron chi connectivity index (χ4n) is 3.16. The van der Waals surface area contributed by atoms with Gasteiger partial charge in [0.25, 0.3) is 0 Å². The number of aliphatic hydroxyl groups is 1. The second-order valence-electron chi connectivity index (χ2n) is 5.44. The summed E-state index contributed by atoms with van der Waals surface area (Å²) in [6.45, 7) is 8.29. The largest absolute Gasteiger partial charge is 0.395 e. The number of hydrogen-bond acceptors (Lipinski definition) is 3. The van der Waals surface area contributed by atoms with Crippen LogP contribution in [0.5, 0.6) is 0 Å². The Morgan fingerprint density at radius 1 is 1.21 bits per heavy atom. The van der Waals surface area contributed by atoms with E-state index in [9.17, 15) is 9.90 Å². The van der Waals surface area contributed by atoms with Crippen LogP contribution < -0.4 is 0 Å². The van der Waals surface area contributed by atoms with Crippen molar-refractivity contribution >= 4 is 5.91 Å². The Bertz CT molecular complexity index is 261. The minimum Gasteiger partial charge on any atom is -0.395 e. The van der Waals surface area contributed by atoms with Crippen LogP contribution in [0.4, 0.5) is 0 Å². The summed E-state index contributed by atoms with van der Waals surface area (Å²) < 4.78 is 0. The maximum atomic E-state index is 12.5. The Morgan fingerprint density at radius 2 is 1.79 bits per heavy atom. The summed E-state index contributed by atoms with van der Waals surface area (Å²) in [5.74, 6) is 0.198. The molecule has 0 radical (unpaired) electrons. The number of rotatable bonds is 7. The van der Waals surface area contributed by atoms with E-state index in [4.69, 9.17) is 0 Å². The molecule has 0 bridgehead atoms. The average Bonchev–Trinajstić information content (AvgIpc) is 2.46. The van der Waals surface area contributed by atoms with Crippen LogP contribution in [-0.2, 0) is 4.79 Å². The first-order valence-corrected chi connectivity index (χ1v) is 7.81. The number of likely N-dealkylation sites (N-methyl/N-ethyl adjacent to an activating group) is 1. The van der Waals surface area contributed by atoms with Gasteiger partial charge >= 0.3 is 0 Å². The normalized spacial score (nSPS) is 18.6. The molecule has 4 nitrogen and oxygen atoms in total. The predicted octanol–water partition coefficient (Wildman–Crippen LogP) is 1.87. The molecule has 112 valence electrons. The molecule has 1 fully saturated rings. The molecular formula is C15H30N2O2. The Morgan fingerprint density at radius 3 is 2.26 bits per heavy atom. The maximum Gasteiger partial charge on any atom is 0.239 e. The number of hydrogen-bond donors (Lipinski definition) is 1. The van der Waals surface area contributed by atoms with Gasteiger partial charge in [-0.1, -0.05) is 19.3 Å². The van der Waals surface area contributed by atoms with E-state index >= 15 is 0 Å². The van der Waals surface area contributed by atoms with Gasteiger partial charge in [-0.25, -0.2) is 0 Å². The van der Waals surface area contributed by atoms with Gasteiger partial charge in [-0.2, -0.15) is 0 Å². The highest BCUT2D eigenvalue weighted by Gasteiger charge is 2.30. The lowest BCUT2D eigenvalue weighted by molar-refractivity contribution is -0.137. The van der Waals surface area contributed by atoms with Crippen molar-refractivity contribution in [3.8, 4) is 0 Å². The number of carbonyl (C=O) groups excluding carboxylic acids is 1. The van der Waals surface area contributed by atoms with Gasteiger partial charge in [-0.3, -0.25) is 9.69 Å². The molecule has 0 aromatic heterocycles. The second-order valence-corrected chi connectivity index (χ2v) is 5.44. The highest BCUT2D eigenvalue weighted by Crippen LogP contribution is 2.24. The lowest BCUT2D eigenvalue weighted by Gasteiger charge is -2.39. The molecule has 0 aliphatic heterocycles. The third-order valence-electron chi connectivity index (χ3n) is 4.33. The van der Waals surface area contributed by atoms with Crippen molar-refractivity contribution in [3.63, 3.8) is 0 Å². The zero-order chi connectivity index (χ0) is 14.3. The third-order valence-corrected chi connectivity index (χ3v) is 4.33. The van der Waals surface area contributed by atoms with E-state index in [-0.39, 0.29) is 18.6 Å². The minimum absolute atomic E-state index is 0.116. The van der Waals surface area contributed by atoms with Crippen LogP contribution in [0.15, 0.2) is 0 Å². The quantitative estimate of drug-likeness (QED) is 0.768. The summed E-state index contributed by atoms with van der Waals surface area (Å²) in [4.78, 5) is 16.6. The lowest BCUT2D eigenvalue weighted by Crippen LogP contribution is -2.52. The lowest BCUT2D eigenvalue weighted by atomic mass is 9.93. The Labute approximate surface area is 117 Å². The zero-order valence-corrected chi connectivity index (χ0v) is 12.8. The van der Waals surface area contributed by atoms with Crippen LogP contribution in [0, 0.1) is 0 Å². The fraction of sp³-hybridized carbons (Fsp3) is 0.933. The highest BCUT2D eigenvalue weighted by atomic mass is 16.3. The van der Waals surface area contributed by atoms with Crippen LogP contribution in [0.2, 0.25) is 0 Å². The molecule has 1 amide bonds. The van der Waals surface area contributed by atoms with E-state index in [0.717, 1.165) is 25.9 Å². The predicted molar refractivity (Wildman–Crippen MR) is 78.1 cm³/mol. The molecule has 0 aromatic rings. The molecule has 1 aliphatic carbocycles. The van der Waals surface area contributed by atoms with Crippen LogP contribution >= 0.6 is 0 Å². The van der Waals surface area contributed by atoms with Gasteiger partial charge in [0.15, 0.2) is 0 Å². The van der Waals surface area contributed by atoms with Crippen molar-refractivity contribution < 1.29 is 9.90 Å². The van der Waals surface area contributed by atoms with E-state index < -0.39 is 0 Å². The standard InChI is InChI=1S/C15H30N2O2/c1-4-16(5-2)15(19)13(3)17(11-12-18)14-9-7-6-8-10-14/h13-14,18H,4-12H2,1-3H3. The molecule has 0 heterocycles. The van der Waals surface area contributed by atoms with Crippen LogP contribution in [-0.4, -0.2) is 59.1 Å². The van der Waals surface area contributed by atoms with Crippen molar-refractivity contribution in [1.29, 1.82) is 0 Å². The summed E-state index contributed by atoms with van der Waals surface area (Å²) in [6.07, 6.45) is 6.13. The first-order chi connectivity index (χ1) is 9.15.